The minimum Gasteiger partial charge on any atom is -0.497 e. The van der Waals surface area contributed by atoms with Crippen molar-refractivity contribution in [1.29, 1.82) is 0 Å². The van der Waals surface area contributed by atoms with Crippen molar-refractivity contribution in [1.82, 2.24) is 15.1 Å². The number of nitrogens with zero attached hydrogens (tertiary/aromatic N) is 3. The van der Waals surface area contributed by atoms with E-state index < -0.39 is 0 Å². The van der Waals surface area contributed by atoms with Crippen LogP contribution in [0.15, 0.2) is 48.5 Å². The third-order valence-electron chi connectivity index (χ3n) is 5.48. The summed E-state index contributed by atoms with van der Waals surface area (Å²) < 4.78 is 5.27. The number of aryl methyl sites for hydroxylation is 1. The topological polar surface area (TPSA) is 67.4 Å². The molecule has 1 aliphatic rings. The van der Waals surface area contributed by atoms with Crippen LogP contribution >= 0.6 is 11.3 Å². The minimum absolute atomic E-state index is 0.212. The van der Waals surface area contributed by atoms with Gasteiger partial charge in [-0.1, -0.05) is 42.5 Å². The molecule has 0 unspecified atom stereocenters. The molecule has 2 aromatic carbocycles. The van der Waals surface area contributed by atoms with E-state index in [-0.39, 0.29) is 5.91 Å². The van der Waals surface area contributed by atoms with Crippen LogP contribution < -0.4 is 10.1 Å². The molecule has 1 fully saturated rings. The number of carbonyl (C=O) groups excluding carboxylic acids is 1. The maximum absolute atomic E-state index is 12.5. The van der Waals surface area contributed by atoms with E-state index in [9.17, 15) is 4.79 Å². The average molecular weight is 423 g/mol. The maximum Gasteiger partial charge on any atom is 0.286 e. The summed E-state index contributed by atoms with van der Waals surface area (Å²) in [7, 11) is 1.68. The Morgan fingerprint density at radius 3 is 2.63 bits per heavy atom. The number of amides is 1. The highest BCUT2D eigenvalue weighted by Crippen LogP contribution is 2.34. The van der Waals surface area contributed by atoms with E-state index in [0.717, 1.165) is 42.3 Å². The second-order valence-electron chi connectivity index (χ2n) is 7.41. The number of hydrogen-bond acceptors (Lipinski definition) is 6. The van der Waals surface area contributed by atoms with Crippen molar-refractivity contribution in [3.63, 3.8) is 0 Å². The summed E-state index contributed by atoms with van der Waals surface area (Å²) in [5.41, 5.74) is 3.29. The maximum atomic E-state index is 12.5. The van der Waals surface area contributed by atoms with Crippen molar-refractivity contribution in [3.05, 3.63) is 69.7 Å². The summed E-state index contributed by atoms with van der Waals surface area (Å²) in [6.45, 7) is 3.82. The molecule has 30 heavy (non-hydrogen) atoms. The number of benzene rings is 2. The van der Waals surface area contributed by atoms with Crippen LogP contribution in [0, 0.1) is 0 Å². The fraction of sp³-hybridized carbons (Fsp3) is 0.348. The van der Waals surface area contributed by atoms with Gasteiger partial charge in [0.1, 0.15) is 10.8 Å². The highest BCUT2D eigenvalue weighted by atomic mass is 32.1. The molecule has 4 rings (SSSR count). The van der Waals surface area contributed by atoms with Gasteiger partial charge in [0.05, 0.1) is 13.7 Å². The van der Waals surface area contributed by atoms with E-state index in [4.69, 9.17) is 4.74 Å². The second kappa shape index (κ2) is 9.36. The molecule has 0 aliphatic carbocycles. The van der Waals surface area contributed by atoms with Gasteiger partial charge >= 0.3 is 0 Å². The Morgan fingerprint density at radius 2 is 1.93 bits per heavy atom. The molecule has 156 valence electrons. The molecule has 7 heteroatoms. The van der Waals surface area contributed by atoms with Crippen molar-refractivity contribution in [2.45, 2.75) is 38.8 Å². The van der Waals surface area contributed by atoms with Crippen molar-refractivity contribution in [2.24, 2.45) is 0 Å². The third-order valence-corrected chi connectivity index (χ3v) is 6.39. The number of aromatic nitrogens is 2. The minimum atomic E-state index is -0.212. The molecule has 0 spiro atoms. The van der Waals surface area contributed by atoms with E-state index in [1.165, 1.54) is 22.5 Å². The van der Waals surface area contributed by atoms with Crippen LogP contribution in [0.25, 0.3) is 0 Å². The van der Waals surface area contributed by atoms with Crippen LogP contribution in [-0.2, 0) is 13.0 Å². The number of ether oxygens (including phenoxy) is 1. The molecule has 6 nitrogen and oxygen atoms in total. The zero-order chi connectivity index (χ0) is 20.9. The summed E-state index contributed by atoms with van der Waals surface area (Å²) in [5.74, 6) is 0.656. The number of carbonyl (C=O) groups is 1. The lowest BCUT2D eigenvalue weighted by Gasteiger charge is -2.23. The van der Waals surface area contributed by atoms with E-state index in [0.29, 0.717) is 17.6 Å². The fourth-order valence-electron chi connectivity index (χ4n) is 3.81. The largest absolute Gasteiger partial charge is 0.497 e. The van der Waals surface area contributed by atoms with Gasteiger partial charge in [-0.25, -0.2) is 0 Å². The molecule has 0 radical (unpaired) electrons. The quantitative estimate of drug-likeness (QED) is 0.598. The van der Waals surface area contributed by atoms with Crippen LogP contribution in [-0.4, -0.2) is 34.7 Å². The normalized spacial score (nSPS) is 16.5. The van der Waals surface area contributed by atoms with Crippen molar-refractivity contribution in [2.75, 3.05) is 19.0 Å². The van der Waals surface area contributed by atoms with Crippen LogP contribution in [0.4, 0.5) is 5.69 Å². The van der Waals surface area contributed by atoms with Crippen LogP contribution in [0.2, 0.25) is 0 Å². The Balaban J connectivity index is 1.39. The molecule has 1 aliphatic heterocycles. The Kier molecular flexibility index (Phi) is 6.40. The average Bonchev–Trinajstić information content (AvgIpc) is 3.44. The number of hydrogen-bond donors (Lipinski definition) is 1. The van der Waals surface area contributed by atoms with E-state index in [1.54, 1.807) is 7.11 Å². The van der Waals surface area contributed by atoms with Gasteiger partial charge in [-0.15, -0.1) is 10.2 Å². The monoisotopic (exact) mass is 422 g/mol. The zero-order valence-corrected chi connectivity index (χ0v) is 18.1. The van der Waals surface area contributed by atoms with Crippen molar-refractivity contribution in [3.8, 4) is 5.75 Å². The van der Waals surface area contributed by atoms with Gasteiger partial charge in [0.15, 0.2) is 0 Å². The van der Waals surface area contributed by atoms with Gasteiger partial charge in [-0.2, -0.15) is 0 Å². The van der Waals surface area contributed by atoms with Gasteiger partial charge in [-0.3, -0.25) is 9.69 Å². The predicted molar refractivity (Wildman–Crippen MR) is 119 cm³/mol. The molecule has 3 aromatic rings. The first-order chi connectivity index (χ1) is 14.7. The van der Waals surface area contributed by atoms with Gasteiger partial charge in [-0.05, 0) is 61.2 Å². The summed E-state index contributed by atoms with van der Waals surface area (Å²) >= 11 is 1.36. The van der Waals surface area contributed by atoms with Gasteiger partial charge in [0.2, 0.25) is 5.01 Å². The first-order valence-electron chi connectivity index (χ1n) is 10.3. The summed E-state index contributed by atoms with van der Waals surface area (Å²) in [5, 5.41) is 12.6. The molecule has 1 aromatic heterocycles. The smallest absolute Gasteiger partial charge is 0.286 e. The fourth-order valence-corrected chi connectivity index (χ4v) is 4.57. The molecular weight excluding hydrogens is 396 g/mol. The Morgan fingerprint density at radius 1 is 1.17 bits per heavy atom. The number of anilines is 1. The number of methoxy groups -OCH3 is 1. The SMILES string of the molecule is CCc1ccc(NC(=O)c2nnc(CN3CCC[C@H]3c3ccc(OC)cc3)s2)cc1. The molecule has 1 saturated heterocycles. The van der Waals surface area contributed by atoms with Gasteiger partial charge < -0.3 is 10.1 Å². The third kappa shape index (κ3) is 4.68. The van der Waals surface area contributed by atoms with Crippen LogP contribution in [0.1, 0.15) is 51.7 Å². The van der Waals surface area contributed by atoms with Crippen LogP contribution in [0.3, 0.4) is 0 Å². The number of nitrogens with one attached hydrogen (secondary N) is 1. The molecule has 2 heterocycles. The lowest BCUT2D eigenvalue weighted by Crippen LogP contribution is -2.22. The molecular formula is C23H26N4O2S. The number of rotatable bonds is 7. The molecule has 0 bridgehead atoms. The van der Waals surface area contributed by atoms with Gasteiger partial charge in [0.25, 0.3) is 5.91 Å². The molecule has 1 N–H and O–H groups in total. The summed E-state index contributed by atoms with van der Waals surface area (Å²) in [6, 6.07) is 16.5. The highest BCUT2D eigenvalue weighted by molar-refractivity contribution is 7.13. The Bertz CT molecular complexity index is 985. The lowest BCUT2D eigenvalue weighted by molar-refractivity contribution is 0.102. The lowest BCUT2D eigenvalue weighted by atomic mass is 10.0. The van der Waals surface area contributed by atoms with E-state index >= 15 is 0 Å². The molecule has 1 atom stereocenters. The summed E-state index contributed by atoms with van der Waals surface area (Å²) in [6.07, 6.45) is 3.24. The van der Waals surface area contributed by atoms with E-state index in [1.807, 2.05) is 36.4 Å². The zero-order valence-electron chi connectivity index (χ0n) is 17.3. The number of likely N-dealkylation sites (tertiary alicyclic amines) is 1. The van der Waals surface area contributed by atoms with Crippen molar-refractivity contribution >= 4 is 22.9 Å². The van der Waals surface area contributed by atoms with Crippen molar-refractivity contribution < 1.29 is 9.53 Å². The van der Waals surface area contributed by atoms with Crippen LogP contribution in [0.5, 0.6) is 5.75 Å². The first-order valence-corrected chi connectivity index (χ1v) is 11.1. The Labute approximate surface area is 180 Å². The van der Waals surface area contributed by atoms with Gasteiger partial charge in [0, 0.05) is 11.7 Å². The standard InChI is InChI=1S/C23H26N4O2S/c1-3-16-6-10-18(11-7-16)24-22(28)23-26-25-21(30-23)15-27-14-4-5-20(27)17-8-12-19(29-2)13-9-17/h6-13,20H,3-5,14-15H2,1-2H3,(H,24,28)/t20-/m0/s1. The molecule has 1 amide bonds. The summed E-state index contributed by atoms with van der Waals surface area (Å²) in [4.78, 5) is 14.9. The predicted octanol–water partition coefficient (Wildman–Crippen LogP) is 4.70. The van der Waals surface area contributed by atoms with E-state index in [2.05, 4.69) is 39.5 Å². The highest BCUT2D eigenvalue weighted by Gasteiger charge is 2.27. The first kappa shape index (κ1) is 20.5. The Hall–Kier alpha value is -2.77. The second-order valence-corrected chi connectivity index (χ2v) is 8.47. The molecule has 0 saturated carbocycles.